The molecule has 2 aromatic rings. The number of nitrogens with zero attached hydrogens (tertiary/aromatic N) is 1. The van der Waals surface area contributed by atoms with Crippen molar-refractivity contribution in [2.24, 2.45) is 5.41 Å². The first-order valence-electron chi connectivity index (χ1n) is 8.65. The summed E-state index contributed by atoms with van der Waals surface area (Å²) in [6.45, 7) is 5.80. The lowest BCUT2D eigenvalue weighted by atomic mass is 9.88. The Hall–Kier alpha value is -2.64. The van der Waals surface area contributed by atoms with E-state index in [1.54, 1.807) is 36.4 Å². The first-order chi connectivity index (χ1) is 12.8. The van der Waals surface area contributed by atoms with Crippen molar-refractivity contribution in [1.29, 1.82) is 0 Å². The van der Waals surface area contributed by atoms with Crippen LogP contribution in [0.2, 0.25) is 5.02 Å². The van der Waals surface area contributed by atoms with Gasteiger partial charge in [-0.15, -0.1) is 0 Å². The minimum atomic E-state index is -0.324. The number of anilines is 2. The van der Waals surface area contributed by atoms with E-state index in [9.17, 15) is 9.59 Å². The summed E-state index contributed by atoms with van der Waals surface area (Å²) >= 11 is 5.79. The number of benzene rings is 1. The van der Waals surface area contributed by atoms with Gasteiger partial charge in [0.15, 0.2) is 0 Å². The van der Waals surface area contributed by atoms with E-state index in [4.69, 9.17) is 11.6 Å². The molecule has 7 nitrogen and oxygen atoms in total. The Kier molecular flexibility index (Phi) is 5.62. The summed E-state index contributed by atoms with van der Waals surface area (Å²) in [5.41, 5.74) is 0.936. The summed E-state index contributed by atoms with van der Waals surface area (Å²) < 4.78 is 0. The monoisotopic (exact) mass is 387 g/mol. The van der Waals surface area contributed by atoms with Crippen LogP contribution in [0.25, 0.3) is 0 Å². The van der Waals surface area contributed by atoms with Crippen molar-refractivity contribution in [3.8, 4) is 0 Å². The van der Waals surface area contributed by atoms with Gasteiger partial charge < -0.3 is 21.3 Å². The molecule has 4 N–H and O–H groups in total. The van der Waals surface area contributed by atoms with Crippen molar-refractivity contribution >= 4 is 35.0 Å². The van der Waals surface area contributed by atoms with Gasteiger partial charge in [-0.2, -0.15) is 0 Å². The van der Waals surface area contributed by atoms with Crippen LogP contribution in [0.3, 0.4) is 0 Å². The molecular formula is C19H22ClN5O2. The molecule has 1 aromatic carbocycles. The Labute approximate surface area is 162 Å². The topological polar surface area (TPSA) is 95.1 Å². The Bertz CT molecular complexity index is 838. The maximum Gasteiger partial charge on any atom is 0.319 e. The number of rotatable bonds is 4. The van der Waals surface area contributed by atoms with Gasteiger partial charge in [0, 0.05) is 36.6 Å². The zero-order valence-corrected chi connectivity index (χ0v) is 15.9. The Morgan fingerprint density at radius 3 is 2.70 bits per heavy atom. The zero-order valence-electron chi connectivity index (χ0n) is 15.2. The largest absolute Gasteiger partial charge is 0.333 e. The standard InChI is InChI=1S/C19H22ClN5O2/c1-19(2)11-21-10-15(19)24-18(27)23-14-5-3-4-12(8-14)17(26)25-16-7-6-13(20)9-22-16/h3-9,15,21H,10-11H2,1-2H3,(H,22,25,26)(H2,23,24,27). The summed E-state index contributed by atoms with van der Waals surface area (Å²) in [6.07, 6.45) is 1.46. The molecule has 1 aliphatic rings. The molecule has 0 radical (unpaired) electrons. The van der Waals surface area contributed by atoms with Crippen LogP contribution in [0, 0.1) is 5.41 Å². The van der Waals surface area contributed by atoms with Gasteiger partial charge in [-0.25, -0.2) is 9.78 Å². The number of pyridine rings is 1. The third-order valence-corrected chi connectivity index (χ3v) is 4.75. The molecule has 1 aromatic heterocycles. The van der Waals surface area contributed by atoms with E-state index in [1.807, 2.05) is 0 Å². The highest BCUT2D eigenvalue weighted by Gasteiger charge is 2.35. The van der Waals surface area contributed by atoms with Gasteiger partial charge in [-0.3, -0.25) is 4.79 Å². The summed E-state index contributed by atoms with van der Waals surface area (Å²) in [5, 5.41) is 12.2. The molecule has 0 bridgehead atoms. The molecule has 2 heterocycles. The van der Waals surface area contributed by atoms with Gasteiger partial charge >= 0.3 is 6.03 Å². The molecule has 0 spiro atoms. The summed E-state index contributed by atoms with van der Waals surface area (Å²) in [4.78, 5) is 28.7. The number of hydrogen-bond acceptors (Lipinski definition) is 4. The fourth-order valence-electron chi connectivity index (χ4n) is 2.89. The molecule has 3 amide bonds. The fraction of sp³-hybridized carbons (Fsp3) is 0.316. The van der Waals surface area contributed by atoms with Gasteiger partial charge in [0.2, 0.25) is 0 Å². The average molecular weight is 388 g/mol. The molecule has 142 valence electrons. The maximum atomic E-state index is 12.4. The zero-order chi connectivity index (χ0) is 19.4. The van der Waals surface area contributed by atoms with Gasteiger partial charge in [-0.1, -0.05) is 31.5 Å². The molecule has 3 rings (SSSR count). The van der Waals surface area contributed by atoms with Crippen LogP contribution in [0.5, 0.6) is 0 Å². The van der Waals surface area contributed by atoms with Crippen LogP contribution in [-0.4, -0.2) is 36.1 Å². The molecule has 0 saturated carbocycles. The van der Waals surface area contributed by atoms with E-state index in [1.165, 1.54) is 6.20 Å². The normalized spacial score (nSPS) is 18.0. The molecule has 1 aliphatic heterocycles. The van der Waals surface area contributed by atoms with E-state index >= 15 is 0 Å². The lowest BCUT2D eigenvalue weighted by Gasteiger charge is -2.26. The number of carbonyl (C=O) groups excluding carboxylic acids is 2. The van der Waals surface area contributed by atoms with Crippen LogP contribution >= 0.6 is 11.6 Å². The quantitative estimate of drug-likeness (QED) is 0.648. The Morgan fingerprint density at radius 1 is 1.22 bits per heavy atom. The maximum absolute atomic E-state index is 12.4. The number of halogens is 1. The number of hydrogen-bond donors (Lipinski definition) is 4. The third kappa shape index (κ3) is 4.96. The van der Waals surface area contributed by atoms with Crippen LogP contribution in [0.15, 0.2) is 42.6 Å². The minimum Gasteiger partial charge on any atom is -0.333 e. The van der Waals surface area contributed by atoms with Crippen molar-refractivity contribution in [3.63, 3.8) is 0 Å². The smallest absolute Gasteiger partial charge is 0.319 e. The second kappa shape index (κ2) is 7.94. The predicted molar refractivity (Wildman–Crippen MR) is 106 cm³/mol. The average Bonchev–Trinajstić information content (AvgIpc) is 2.95. The van der Waals surface area contributed by atoms with Gasteiger partial charge in [0.25, 0.3) is 5.91 Å². The first kappa shape index (κ1) is 19.1. The molecule has 8 heteroatoms. The van der Waals surface area contributed by atoms with Gasteiger partial charge in [-0.05, 0) is 35.7 Å². The number of urea groups is 1. The van der Waals surface area contributed by atoms with Crippen molar-refractivity contribution in [1.82, 2.24) is 15.6 Å². The Balaban J connectivity index is 1.62. The highest BCUT2D eigenvalue weighted by Crippen LogP contribution is 2.24. The Morgan fingerprint density at radius 2 is 2.04 bits per heavy atom. The van der Waals surface area contributed by atoms with Crippen molar-refractivity contribution < 1.29 is 9.59 Å². The number of aromatic nitrogens is 1. The third-order valence-electron chi connectivity index (χ3n) is 4.53. The van der Waals surface area contributed by atoms with E-state index in [-0.39, 0.29) is 23.4 Å². The molecule has 0 aliphatic carbocycles. The minimum absolute atomic E-state index is 0.00927. The second-order valence-electron chi connectivity index (χ2n) is 7.17. The van der Waals surface area contributed by atoms with E-state index in [2.05, 4.69) is 40.1 Å². The van der Waals surface area contributed by atoms with Crippen molar-refractivity contribution in [3.05, 3.63) is 53.2 Å². The molecule has 1 saturated heterocycles. The molecule has 27 heavy (non-hydrogen) atoms. The van der Waals surface area contributed by atoms with Gasteiger partial charge in [0.05, 0.1) is 5.02 Å². The SMILES string of the molecule is CC1(C)CNCC1NC(=O)Nc1cccc(C(=O)Nc2ccc(Cl)cn2)c1. The summed E-state index contributed by atoms with van der Waals surface area (Å²) in [7, 11) is 0. The first-order valence-corrected chi connectivity index (χ1v) is 9.02. The lowest BCUT2D eigenvalue weighted by molar-refractivity contribution is 0.102. The van der Waals surface area contributed by atoms with Crippen LogP contribution < -0.4 is 21.3 Å². The van der Waals surface area contributed by atoms with Crippen LogP contribution in [-0.2, 0) is 0 Å². The van der Waals surface area contributed by atoms with Crippen molar-refractivity contribution in [2.45, 2.75) is 19.9 Å². The van der Waals surface area contributed by atoms with E-state index < -0.39 is 0 Å². The fourth-order valence-corrected chi connectivity index (χ4v) is 3.00. The molecule has 1 fully saturated rings. The highest BCUT2D eigenvalue weighted by atomic mass is 35.5. The van der Waals surface area contributed by atoms with Crippen molar-refractivity contribution in [2.75, 3.05) is 23.7 Å². The summed E-state index contributed by atoms with van der Waals surface area (Å²) in [5.74, 6) is 0.0754. The lowest BCUT2D eigenvalue weighted by Crippen LogP contribution is -2.46. The molecule has 1 unspecified atom stereocenters. The molecule has 1 atom stereocenters. The number of nitrogens with one attached hydrogen (secondary N) is 4. The molecular weight excluding hydrogens is 366 g/mol. The number of carbonyl (C=O) groups is 2. The van der Waals surface area contributed by atoms with E-state index in [0.29, 0.717) is 22.1 Å². The van der Waals surface area contributed by atoms with Crippen LogP contribution in [0.4, 0.5) is 16.3 Å². The second-order valence-corrected chi connectivity index (χ2v) is 7.60. The number of amides is 3. The van der Waals surface area contributed by atoms with Gasteiger partial charge in [0.1, 0.15) is 5.82 Å². The van der Waals surface area contributed by atoms with E-state index in [0.717, 1.165) is 13.1 Å². The highest BCUT2D eigenvalue weighted by molar-refractivity contribution is 6.30. The van der Waals surface area contributed by atoms with Crippen LogP contribution in [0.1, 0.15) is 24.2 Å². The predicted octanol–water partition coefficient (Wildman–Crippen LogP) is 3.11. The summed E-state index contributed by atoms with van der Waals surface area (Å²) in [6, 6.07) is 9.73.